The minimum atomic E-state index is -3.69. The number of hydrogen-bond acceptors (Lipinski definition) is 3. The van der Waals surface area contributed by atoms with E-state index in [9.17, 15) is 13.2 Å². The number of carbonyl (C=O) groups is 1. The van der Waals surface area contributed by atoms with Crippen molar-refractivity contribution < 1.29 is 13.2 Å². The van der Waals surface area contributed by atoms with E-state index >= 15 is 0 Å². The molecule has 1 saturated heterocycles. The maximum absolute atomic E-state index is 12.9. The van der Waals surface area contributed by atoms with Crippen molar-refractivity contribution in [1.82, 2.24) is 4.90 Å². The first kappa shape index (κ1) is 20.0. The summed E-state index contributed by atoms with van der Waals surface area (Å²) >= 11 is 0. The van der Waals surface area contributed by atoms with Gasteiger partial charge in [0.2, 0.25) is 0 Å². The van der Waals surface area contributed by atoms with Crippen molar-refractivity contribution in [3.05, 3.63) is 59.7 Å². The summed E-state index contributed by atoms with van der Waals surface area (Å²) < 4.78 is 28.0. The molecule has 154 valence electrons. The van der Waals surface area contributed by atoms with Gasteiger partial charge in [-0.25, -0.2) is 8.42 Å². The molecule has 0 unspecified atom stereocenters. The van der Waals surface area contributed by atoms with Crippen molar-refractivity contribution in [3.63, 3.8) is 0 Å². The van der Waals surface area contributed by atoms with Crippen LogP contribution in [0.2, 0.25) is 0 Å². The Balaban J connectivity index is 1.46. The Morgan fingerprint density at radius 2 is 1.66 bits per heavy atom. The molecule has 1 amide bonds. The minimum Gasteiger partial charge on any atom is -0.338 e. The molecule has 6 heteroatoms. The summed E-state index contributed by atoms with van der Waals surface area (Å²) in [5.74, 6) is 1.40. The van der Waals surface area contributed by atoms with Crippen LogP contribution in [0.15, 0.2) is 53.4 Å². The van der Waals surface area contributed by atoms with E-state index in [-0.39, 0.29) is 10.8 Å². The zero-order valence-electron chi connectivity index (χ0n) is 16.8. The molecule has 2 atom stereocenters. The molecule has 1 aliphatic carbocycles. The first-order chi connectivity index (χ1) is 13.9. The van der Waals surface area contributed by atoms with Crippen molar-refractivity contribution in [3.8, 4) is 0 Å². The van der Waals surface area contributed by atoms with Gasteiger partial charge in [0, 0.05) is 18.7 Å². The van der Waals surface area contributed by atoms with Crippen LogP contribution in [-0.2, 0) is 10.0 Å². The van der Waals surface area contributed by atoms with Crippen molar-refractivity contribution in [2.45, 2.75) is 43.9 Å². The van der Waals surface area contributed by atoms with Crippen LogP contribution in [0.5, 0.6) is 0 Å². The summed E-state index contributed by atoms with van der Waals surface area (Å²) in [4.78, 5) is 15.0. The summed E-state index contributed by atoms with van der Waals surface area (Å²) in [6, 6.07) is 13.5. The predicted molar refractivity (Wildman–Crippen MR) is 114 cm³/mol. The molecule has 4 rings (SSSR count). The Hall–Kier alpha value is -2.34. The number of likely N-dealkylation sites (tertiary alicyclic amines) is 1. The largest absolute Gasteiger partial charge is 0.338 e. The van der Waals surface area contributed by atoms with E-state index in [1.165, 1.54) is 37.8 Å². The minimum absolute atomic E-state index is 0.00448. The summed E-state index contributed by atoms with van der Waals surface area (Å²) in [7, 11) is -3.69. The number of fused-ring (bicyclic) bond motifs is 1. The third kappa shape index (κ3) is 4.32. The van der Waals surface area contributed by atoms with Gasteiger partial charge in [-0.1, -0.05) is 37.5 Å². The molecule has 2 aliphatic rings. The van der Waals surface area contributed by atoms with Crippen LogP contribution in [0, 0.1) is 18.8 Å². The lowest BCUT2D eigenvalue weighted by Crippen LogP contribution is -2.44. The van der Waals surface area contributed by atoms with Crippen molar-refractivity contribution in [1.29, 1.82) is 0 Å². The molecule has 0 bridgehead atoms. The number of para-hydroxylation sites is 1. The van der Waals surface area contributed by atoms with Crippen LogP contribution in [0.1, 0.15) is 48.0 Å². The van der Waals surface area contributed by atoms with E-state index < -0.39 is 10.0 Å². The number of benzene rings is 2. The average Bonchev–Trinajstić information content (AvgIpc) is 2.74. The number of amides is 1. The molecule has 2 fully saturated rings. The van der Waals surface area contributed by atoms with Gasteiger partial charge in [0.15, 0.2) is 0 Å². The molecule has 0 radical (unpaired) electrons. The number of aryl methyl sites for hydroxylation is 1. The third-order valence-corrected chi connectivity index (χ3v) is 7.76. The number of nitrogens with zero attached hydrogens (tertiary/aromatic N) is 1. The summed E-state index contributed by atoms with van der Waals surface area (Å²) in [6.45, 7) is 3.49. The third-order valence-electron chi connectivity index (χ3n) is 6.38. The van der Waals surface area contributed by atoms with Crippen LogP contribution in [0.4, 0.5) is 5.69 Å². The number of nitrogens with one attached hydrogen (secondary N) is 1. The van der Waals surface area contributed by atoms with E-state index in [0.29, 0.717) is 17.2 Å². The molecule has 2 aromatic rings. The van der Waals surface area contributed by atoms with Crippen molar-refractivity contribution in [2.24, 2.45) is 11.8 Å². The summed E-state index contributed by atoms with van der Waals surface area (Å²) in [6.07, 6.45) is 6.19. The molecule has 1 heterocycles. The maximum Gasteiger partial charge on any atom is 0.261 e. The van der Waals surface area contributed by atoms with Crippen LogP contribution in [-0.4, -0.2) is 32.3 Å². The zero-order chi connectivity index (χ0) is 20.4. The van der Waals surface area contributed by atoms with Gasteiger partial charge in [-0.3, -0.25) is 9.52 Å². The highest BCUT2D eigenvalue weighted by molar-refractivity contribution is 7.92. The number of piperidine rings is 1. The molecular weight excluding hydrogens is 384 g/mol. The van der Waals surface area contributed by atoms with E-state index in [1.807, 2.05) is 24.0 Å². The van der Waals surface area contributed by atoms with Gasteiger partial charge in [-0.2, -0.15) is 0 Å². The fourth-order valence-corrected chi connectivity index (χ4v) is 5.77. The summed E-state index contributed by atoms with van der Waals surface area (Å²) in [5.41, 5.74) is 1.96. The standard InChI is InChI=1S/C23H28N2O3S/c1-17-6-2-5-9-22(17)24-29(27,28)21-12-10-19(11-13-21)23(26)25-15-14-18-7-3-4-8-20(18)16-25/h2,5-6,9-13,18,20,24H,3-4,7-8,14-16H2,1H3/t18-,20-/m1/s1. The quantitative estimate of drug-likeness (QED) is 0.807. The molecule has 1 aliphatic heterocycles. The average molecular weight is 413 g/mol. The fraction of sp³-hybridized carbons (Fsp3) is 0.435. The Morgan fingerprint density at radius 3 is 2.38 bits per heavy atom. The fourth-order valence-electron chi connectivity index (χ4n) is 4.64. The van der Waals surface area contributed by atoms with E-state index in [4.69, 9.17) is 0 Å². The second-order valence-electron chi connectivity index (χ2n) is 8.29. The van der Waals surface area contributed by atoms with Crippen molar-refractivity contribution in [2.75, 3.05) is 17.8 Å². The molecular formula is C23H28N2O3S. The monoisotopic (exact) mass is 412 g/mol. The van der Waals surface area contributed by atoms with Crippen LogP contribution in [0.3, 0.4) is 0 Å². The number of rotatable bonds is 4. The molecule has 0 spiro atoms. The van der Waals surface area contributed by atoms with Gasteiger partial charge in [-0.05, 0) is 67.5 Å². The Morgan fingerprint density at radius 1 is 0.966 bits per heavy atom. The lowest BCUT2D eigenvalue weighted by atomic mass is 9.75. The van der Waals surface area contributed by atoms with Crippen LogP contribution in [0.25, 0.3) is 0 Å². The lowest BCUT2D eigenvalue weighted by molar-refractivity contribution is 0.0521. The SMILES string of the molecule is Cc1ccccc1NS(=O)(=O)c1ccc(C(=O)N2CC[C@H]3CCCC[C@@H]3C2)cc1. The van der Waals surface area contributed by atoms with Gasteiger partial charge in [0.1, 0.15) is 0 Å². The number of carbonyl (C=O) groups excluding carboxylic acids is 1. The molecule has 1 saturated carbocycles. The van der Waals surface area contributed by atoms with Gasteiger partial charge in [-0.15, -0.1) is 0 Å². The number of sulfonamides is 1. The second-order valence-corrected chi connectivity index (χ2v) is 9.97. The molecule has 29 heavy (non-hydrogen) atoms. The lowest BCUT2D eigenvalue weighted by Gasteiger charge is -2.41. The molecule has 0 aromatic heterocycles. The van der Waals surface area contributed by atoms with E-state index in [0.717, 1.165) is 31.0 Å². The molecule has 5 nitrogen and oxygen atoms in total. The normalized spacial score (nSPS) is 22.0. The van der Waals surface area contributed by atoms with Crippen molar-refractivity contribution >= 4 is 21.6 Å². The maximum atomic E-state index is 12.9. The predicted octanol–water partition coefficient (Wildman–Crippen LogP) is 4.45. The van der Waals surface area contributed by atoms with Crippen LogP contribution >= 0.6 is 0 Å². The Bertz CT molecular complexity index is 985. The Labute approximate surface area is 173 Å². The van der Waals surface area contributed by atoms with Gasteiger partial charge in [0.05, 0.1) is 10.6 Å². The second kappa shape index (κ2) is 8.19. The van der Waals surface area contributed by atoms with Gasteiger partial charge < -0.3 is 4.90 Å². The highest BCUT2D eigenvalue weighted by Gasteiger charge is 2.33. The first-order valence-electron chi connectivity index (χ1n) is 10.4. The van der Waals surface area contributed by atoms with E-state index in [2.05, 4.69) is 4.72 Å². The molecule has 2 aromatic carbocycles. The number of hydrogen-bond donors (Lipinski definition) is 1. The van der Waals surface area contributed by atoms with Crippen LogP contribution < -0.4 is 4.72 Å². The Kier molecular flexibility index (Phi) is 5.63. The number of anilines is 1. The highest BCUT2D eigenvalue weighted by Crippen LogP contribution is 2.36. The first-order valence-corrected chi connectivity index (χ1v) is 11.9. The van der Waals surface area contributed by atoms with Gasteiger partial charge in [0.25, 0.3) is 15.9 Å². The smallest absolute Gasteiger partial charge is 0.261 e. The van der Waals surface area contributed by atoms with E-state index in [1.54, 1.807) is 24.3 Å². The summed E-state index contributed by atoms with van der Waals surface area (Å²) in [5, 5.41) is 0. The molecule has 1 N–H and O–H groups in total. The zero-order valence-corrected chi connectivity index (χ0v) is 17.6. The van der Waals surface area contributed by atoms with Gasteiger partial charge >= 0.3 is 0 Å². The topological polar surface area (TPSA) is 66.5 Å². The highest BCUT2D eigenvalue weighted by atomic mass is 32.2.